The van der Waals surface area contributed by atoms with E-state index in [9.17, 15) is 18.0 Å². The Kier molecular flexibility index (Phi) is 3.64. The van der Waals surface area contributed by atoms with Gasteiger partial charge < -0.3 is 14.3 Å². The van der Waals surface area contributed by atoms with Gasteiger partial charge in [-0.1, -0.05) is 12.1 Å². The van der Waals surface area contributed by atoms with E-state index < -0.39 is 23.6 Å². The van der Waals surface area contributed by atoms with Crippen LogP contribution in [-0.4, -0.2) is 16.1 Å². The largest absolute Gasteiger partial charge is 0.487 e. The molecule has 2 rings (SSSR count). The first-order chi connectivity index (χ1) is 9.38. The average molecular weight is 287 g/mol. The fraction of sp³-hybridized carbons (Fsp3) is 0.167. The van der Waals surface area contributed by atoms with Gasteiger partial charge in [0.15, 0.2) is 0 Å². The molecule has 0 bridgehead atoms. The third-order valence-corrected chi connectivity index (χ3v) is 2.30. The van der Waals surface area contributed by atoms with Crippen molar-refractivity contribution in [2.45, 2.75) is 12.8 Å². The number of oxazole rings is 1. The quantitative estimate of drug-likeness (QED) is 0.935. The van der Waals surface area contributed by atoms with Gasteiger partial charge in [-0.3, -0.25) is 0 Å². The number of nitrogens with zero attached hydrogens (tertiary/aromatic N) is 1. The Morgan fingerprint density at radius 3 is 2.65 bits per heavy atom. The third kappa shape index (κ3) is 3.08. The number of aromatic carboxylic acids is 1. The minimum Gasteiger partial charge on any atom is -0.487 e. The summed E-state index contributed by atoms with van der Waals surface area (Å²) in [6, 6.07) is 4.70. The van der Waals surface area contributed by atoms with Crippen LogP contribution in [0, 0.1) is 0 Å². The predicted octanol–water partition coefficient (Wildman–Crippen LogP) is 2.97. The zero-order valence-corrected chi connectivity index (χ0v) is 9.85. The number of carboxylic acids is 1. The number of para-hydroxylation sites is 1. The Morgan fingerprint density at radius 2 is 2.05 bits per heavy atom. The van der Waals surface area contributed by atoms with E-state index >= 15 is 0 Å². The van der Waals surface area contributed by atoms with Gasteiger partial charge in [0.25, 0.3) is 0 Å². The molecule has 0 aliphatic carbocycles. The highest BCUT2D eigenvalue weighted by molar-refractivity contribution is 5.82. The Morgan fingerprint density at radius 1 is 1.35 bits per heavy atom. The van der Waals surface area contributed by atoms with Crippen molar-refractivity contribution in [3.8, 4) is 5.75 Å². The van der Waals surface area contributed by atoms with Crippen molar-refractivity contribution in [3.63, 3.8) is 0 Å². The van der Waals surface area contributed by atoms with Crippen LogP contribution in [0.3, 0.4) is 0 Å². The molecule has 1 N–H and O–H groups in total. The summed E-state index contributed by atoms with van der Waals surface area (Å²) >= 11 is 0. The Balaban J connectivity index is 2.13. The molecule has 0 aliphatic rings. The minimum atomic E-state index is -4.54. The summed E-state index contributed by atoms with van der Waals surface area (Å²) in [5.74, 6) is -2.28. The predicted molar refractivity (Wildman–Crippen MR) is 59.2 cm³/mol. The first-order valence-electron chi connectivity index (χ1n) is 5.34. The number of halogens is 3. The summed E-state index contributed by atoms with van der Waals surface area (Å²) in [6.07, 6.45) is -3.52. The molecule has 20 heavy (non-hydrogen) atoms. The molecule has 5 nitrogen and oxygen atoms in total. The lowest BCUT2D eigenvalue weighted by Gasteiger charge is -2.12. The monoisotopic (exact) mass is 287 g/mol. The van der Waals surface area contributed by atoms with Crippen molar-refractivity contribution in [3.05, 3.63) is 47.7 Å². The van der Waals surface area contributed by atoms with Crippen LogP contribution in [0.2, 0.25) is 0 Å². The van der Waals surface area contributed by atoms with Gasteiger partial charge in [-0.05, 0) is 12.1 Å². The van der Waals surface area contributed by atoms with Crippen LogP contribution in [0.4, 0.5) is 13.2 Å². The first-order valence-corrected chi connectivity index (χ1v) is 5.34. The lowest BCUT2D eigenvalue weighted by Crippen LogP contribution is -2.08. The second-order valence-electron chi connectivity index (χ2n) is 3.73. The Hall–Kier alpha value is -2.51. The van der Waals surface area contributed by atoms with E-state index in [1.807, 2.05) is 0 Å². The molecular formula is C12H8F3NO4. The van der Waals surface area contributed by atoms with Crippen LogP contribution in [0.25, 0.3) is 0 Å². The SMILES string of the molecule is O=C(O)c1nc(COc2ccccc2C(F)(F)F)co1. The summed E-state index contributed by atoms with van der Waals surface area (Å²) < 4.78 is 47.7. The maximum atomic E-state index is 12.7. The third-order valence-electron chi connectivity index (χ3n) is 2.30. The van der Waals surface area contributed by atoms with Gasteiger partial charge >= 0.3 is 18.0 Å². The van der Waals surface area contributed by atoms with Gasteiger partial charge in [-0.25, -0.2) is 9.78 Å². The molecule has 1 aromatic carbocycles. The lowest BCUT2D eigenvalue weighted by atomic mass is 10.2. The molecule has 0 radical (unpaired) electrons. The molecule has 0 atom stereocenters. The average Bonchev–Trinajstić information content (AvgIpc) is 2.84. The van der Waals surface area contributed by atoms with Crippen LogP contribution >= 0.6 is 0 Å². The number of hydrogen-bond acceptors (Lipinski definition) is 4. The van der Waals surface area contributed by atoms with E-state index in [0.717, 1.165) is 12.3 Å². The van der Waals surface area contributed by atoms with E-state index in [1.165, 1.54) is 18.2 Å². The number of hydrogen-bond donors (Lipinski definition) is 1. The highest BCUT2D eigenvalue weighted by Gasteiger charge is 2.34. The first kappa shape index (κ1) is 13.9. The number of rotatable bonds is 4. The number of alkyl halides is 3. The molecule has 2 aromatic rings. The molecule has 0 saturated heterocycles. The van der Waals surface area contributed by atoms with E-state index in [2.05, 4.69) is 9.40 Å². The summed E-state index contributed by atoms with van der Waals surface area (Å²) in [6.45, 7) is -0.329. The fourth-order valence-corrected chi connectivity index (χ4v) is 1.45. The van der Waals surface area contributed by atoms with E-state index in [-0.39, 0.29) is 18.1 Å². The molecule has 0 amide bonds. The van der Waals surface area contributed by atoms with Crippen molar-refractivity contribution >= 4 is 5.97 Å². The molecule has 1 aromatic heterocycles. The molecule has 0 aliphatic heterocycles. The highest BCUT2D eigenvalue weighted by Crippen LogP contribution is 2.36. The number of aromatic nitrogens is 1. The van der Waals surface area contributed by atoms with Gasteiger partial charge in [0.2, 0.25) is 0 Å². The van der Waals surface area contributed by atoms with Gasteiger partial charge in [0, 0.05) is 0 Å². The highest BCUT2D eigenvalue weighted by atomic mass is 19.4. The fourth-order valence-electron chi connectivity index (χ4n) is 1.45. The zero-order valence-electron chi connectivity index (χ0n) is 9.85. The lowest BCUT2D eigenvalue weighted by molar-refractivity contribution is -0.139. The van der Waals surface area contributed by atoms with E-state index in [4.69, 9.17) is 9.84 Å². The topological polar surface area (TPSA) is 72.6 Å². The van der Waals surface area contributed by atoms with Crippen molar-refractivity contribution in [2.75, 3.05) is 0 Å². The van der Waals surface area contributed by atoms with Gasteiger partial charge in [0.1, 0.15) is 24.3 Å². The van der Waals surface area contributed by atoms with Crippen LogP contribution in [0.5, 0.6) is 5.75 Å². The number of ether oxygens (including phenoxy) is 1. The molecule has 106 valence electrons. The van der Waals surface area contributed by atoms with Crippen molar-refractivity contribution in [2.24, 2.45) is 0 Å². The van der Waals surface area contributed by atoms with Gasteiger partial charge in [0.05, 0.1) is 5.56 Å². The maximum Gasteiger partial charge on any atom is 0.419 e. The van der Waals surface area contributed by atoms with Gasteiger partial charge in [-0.15, -0.1) is 0 Å². The smallest absolute Gasteiger partial charge is 0.419 e. The van der Waals surface area contributed by atoms with Crippen molar-refractivity contribution in [1.82, 2.24) is 4.98 Å². The summed E-state index contributed by atoms with van der Waals surface area (Å²) in [5, 5.41) is 8.59. The maximum absolute atomic E-state index is 12.7. The second kappa shape index (κ2) is 5.24. The Bertz CT molecular complexity index is 621. The van der Waals surface area contributed by atoms with E-state index in [1.54, 1.807) is 0 Å². The zero-order chi connectivity index (χ0) is 14.8. The molecule has 0 saturated carbocycles. The second-order valence-corrected chi connectivity index (χ2v) is 3.73. The summed E-state index contributed by atoms with van der Waals surface area (Å²) in [7, 11) is 0. The minimum absolute atomic E-state index is 0.0828. The van der Waals surface area contributed by atoms with Crippen LogP contribution in [0.15, 0.2) is 34.9 Å². The number of benzene rings is 1. The summed E-state index contributed by atoms with van der Waals surface area (Å²) in [5.41, 5.74) is -0.832. The van der Waals surface area contributed by atoms with Crippen LogP contribution in [0.1, 0.15) is 21.9 Å². The molecule has 0 spiro atoms. The molecule has 1 heterocycles. The normalized spacial score (nSPS) is 11.3. The number of carbonyl (C=O) groups is 1. The van der Waals surface area contributed by atoms with Crippen LogP contribution in [-0.2, 0) is 12.8 Å². The molecule has 0 unspecified atom stereocenters. The standard InChI is InChI=1S/C12H8F3NO4/c13-12(14,15)8-3-1-2-4-9(8)19-5-7-6-20-10(16-7)11(17)18/h1-4,6H,5H2,(H,17,18). The van der Waals surface area contributed by atoms with Gasteiger partial charge in [-0.2, -0.15) is 13.2 Å². The van der Waals surface area contributed by atoms with Crippen LogP contribution < -0.4 is 4.74 Å². The molecular weight excluding hydrogens is 279 g/mol. The number of carboxylic acid groups (broad SMARTS) is 1. The van der Waals surface area contributed by atoms with Crippen molar-refractivity contribution < 1.29 is 32.2 Å². The Labute approximate surface area is 110 Å². The van der Waals surface area contributed by atoms with E-state index in [0.29, 0.717) is 0 Å². The van der Waals surface area contributed by atoms with Crippen molar-refractivity contribution in [1.29, 1.82) is 0 Å². The molecule has 8 heteroatoms. The summed E-state index contributed by atoms with van der Waals surface area (Å²) in [4.78, 5) is 14.1. The molecule has 0 fully saturated rings.